The van der Waals surface area contributed by atoms with E-state index in [0.29, 0.717) is 5.19 Å². The SMILES string of the molecule is CC(C)(C)c1ccc2c([SiH2]O)c(O)c(O)cc2c1. The van der Waals surface area contributed by atoms with Crippen molar-refractivity contribution < 1.29 is 15.0 Å². The van der Waals surface area contributed by atoms with Crippen molar-refractivity contribution in [2.24, 2.45) is 0 Å². The van der Waals surface area contributed by atoms with Gasteiger partial charge in [0.1, 0.15) is 0 Å². The van der Waals surface area contributed by atoms with E-state index in [-0.39, 0.29) is 16.9 Å². The maximum Gasteiger partial charge on any atom is 0.192 e. The molecule has 96 valence electrons. The van der Waals surface area contributed by atoms with Gasteiger partial charge in [-0.3, -0.25) is 0 Å². The summed E-state index contributed by atoms with van der Waals surface area (Å²) in [5.74, 6) is -0.342. The number of hydrogen-bond donors (Lipinski definition) is 3. The van der Waals surface area contributed by atoms with Crippen LogP contribution >= 0.6 is 0 Å². The number of hydrogen-bond acceptors (Lipinski definition) is 3. The standard InChI is InChI=1S/C14H18O3Si/c1-14(2,3)9-4-5-10-8(6-9)7-11(15)12(16)13(10)18-17/h4-7,15-17H,18H2,1-3H3. The number of phenolic OH excluding ortho intramolecular Hbond substituents is 2. The molecule has 2 aromatic carbocycles. The first kappa shape index (κ1) is 12.9. The van der Waals surface area contributed by atoms with Crippen molar-refractivity contribution in [3.63, 3.8) is 0 Å². The van der Waals surface area contributed by atoms with Crippen molar-refractivity contribution in [1.29, 1.82) is 0 Å². The van der Waals surface area contributed by atoms with E-state index in [4.69, 9.17) is 0 Å². The molecule has 0 aliphatic carbocycles. The van der Waals surface area contributed by atoms with Crippen molar-refractivity contribution in [3.8, 4) is 11.5 Å². The van der Waals surface area contributed by atoms with E-state index in [1.54, 1.807) is 6.07 Å². The fourth-order valence-electron chi connectivity index (χ4n) is 2.08. The predicted octanol–water partition coefficient (Wildman–Crippen LogP) is 1.25. The molecule has 3 N–H and O–H groups in total. The Kier molecular flexibility index (Phi) is 3.08. The van der Waals surface area contributed by atoms with Crippen molar-refractivity contribution in [2.45, 2.75) is 26.2 Å². The Morgan fingerprint density at radius 1 is 1.06 bits per heavy atom. The van der Waals surface area contributed by atoms with Gasteiger partial charge in [0.15, 0.2) is 21.3 Å². The van der Waals surface area contributed by atoms with E-state index in [1.165, 1.54) is 0 Å². The average Bonchev–Trinajstić information content (AvgIpc) is 2.29. The Morgan fingerprint density at radius 2 is 1.72 bits per heavy atom. The summed E-state index contributed by atoms with van der Waals surface area (Å²) in [6.45, 7) is 6.36. The molecule has 0 bridgehead atoms. The van der Waals surface area contributed by atoms with Crippen LogP contribution in [0.25, 0.3) is 10.8 Å². The Morgan fingerprint density at radius 3 is 2.28 bits per heavy atom. The molecule has 0 aliphatic heterocycles. The molecule has 18 heavy (non-hydrogen) atoms. The van der Waals surface area contributed by atoms with Gasteiger partial charge in [-0.25, -0.2) is 0 Å². The van der Waals surface area contributed by atoms with Crippen LogP contribution in [-0.4, -0.2) is 24.8 Å². The Bertz CT molecular complexity index is 600. The molecular formula is C14H18O3Si. The zero-order valence-electron chi connectivity index (χ0n) is 10.9. The number of phenols is 2. The van der Waals surface area contributed by atoms with Gasteiger partial charge >= 0.3 is 0 Å². The minimum absolute atomic E-state index is 0.0263. The molecule has 2 aromatic rings. The van der Waals surface area contributed by atoms with Crippen LogP contribution in [0.2, 0.25) is 0 Å². The Hall–Kier alpha value is -1.52. The van der Waals surface area contributed by atoms with E-state index in [9.17, 15) is 15.0 Å². The molecule has 4 heteroatoms. The van der Waals surface area contributed by atoms with Gasteiger partial charge in [0.2, 0.25) is 0 Å². The van der Waals surface area contributed by atoms with Crippen molar-refractivity contribution in [2.75, 3.05) is 0 Å². The average molecular weight is 262 g/mol. The minimum Gasteiger partial charge on any atom is -0.504 e. The van der Waals surface area contributed by atoms with Gasteiger partial charge in [0.05, 0.1) is 0 Å². The summed E-state index contributed by atoms with van der Waals surface area (Å²) in [6, 6.07) is 7.47. The first-order valence-electron chi connectivity index (χ1n) is 5.93. The summed E-state index contributed by atoms with van der Waals surface area (Å²) in [5, 5.41) is 21.6. The van der Waals surface area contributed by atoms with E-state index in [0.717, 1.165) is 16.3 Å². The Balaban J connectivity index is 2.76. The molecule has 0 aromatic heterocycles. The summed E-state index contributed by atoms with van der Waals surface area (Å²) >= 11 is 0. The van der Waals surface area contributed by atoms with Gasteiger partial charge in [0.25, 0.3) is 0 Å². The second-order valence-corrected chi connectivity index (χ2v) is 6.59. The maximum atomic E-state index is 9.75. The minimum atomic E-state index is -1.54. The fourth-order valence-corrected chi connectivity index (χ4v) is 2.90. The van der Waals surface area contributed by atoms with Gasteiger partial charge in [-0.15, -0.1) is 0 Å². The third-order valence-electron chi connectivity index (χ3n) is 3.22. The molecule has 0 saturated heterocycles. The molecule has 0 spiro atoms. The predicted molar refractivity (Wildman–Crippen MR) is 76.4 cm³/mol. The lowest BCUT2D eigenvalue weighted by Gasteiger charge is -2.20. The van der Waals surface area contributed by atoms with Gasteiger partial charge in [-0.2, -0.15) is 0 Å². The zero-order valence-corrected chi connectivity index (χ0v) is 12.3. The van der Waals surface area contributed by atoms with Gasteiger partial charge in [-0.05, 0) is 27.8 Å². The van der Waals surface area contributed by atoms with E-state index < -0.39 is 9.76 Å². The third-order valence-corrected chi connectivity index (χ3v) is 4.25. The van der Waals surface area contributed by atoms with Crippen molar-refractivity contribution >= 4 is 25.7 Å². The first-order valence-corrected chi connectivity index (χ1v) is 7.27. The lowest BCUT2D eigenvalue weighted by molar-refractivity contribution is 0.407. The monoisotopic (exact) mass is 262 g/mol. The highest BCUT2D eigenvalue weighted by Crippen LogP contribution is 2.31. The smallest absolute Gasteiger partial charge is 0.192 e. The van der Waals surface area contributed by atoms with Crippen LogP contribution < -0.4 is 5.19 Å². The largest absolute Gasteiger partial charge is 0.504 e. The molecular weight excluding hydrogens is 244 g/mol. The second kappa shape index (κ2) is 4.30. The number of benzene rings is 2. The van der Waals surface area contributed by atoms with Gasteiger partial charge in [-0.1, -0.05) is 39.0 Å². The van der Waals surface area contributed by atoms with Gasteiger partial charge < -0.3 is 15.0 Å². The van der Waals surface area contributed by atoms with Crippen LogP contribution in [-0.2, 0) is 5.41 Å². The highest BCUT2D eigenvalue weighted by molar-refractivity contribution is 6.51. The fraction of sp³-hybridized carbons (Fsp3) is 0.286. The lowest BCUT2D eigenvalue weighted by atomic mass is 9.86. The van der Waals surface area contributed by atoms with Crippen LogP contribution in [0.4, 0.5) is 0 Å². The zero-order chi connectivity index (χ0) is 13.5. The van der Waals surface area contributed by atoms with Crippen LogP contribution in [0.1, 0.15) is 26.3 Å². The molecule has 0 atom stereocenters. The van der Waals surface area contributed by atoms with Crippen molar-refractivity contribution in [1.82, 2.24) is 0 Å². The molecule has 2 rings (SSSR count). The summed E-state index contributed by atoms with van der Waals surface area (Å²) in [6.07, 6.45) is 0. The topological polar surface area (TPSA) is 60.7 Å². The normalized spacial score (nSPS) is 12.7. The molecule has 3 nitrogen and oxygen atoms in total. The van der Waals surface area contributed by atoms with E-state index >= 15 is 0 Å². The lowest BCUT2D eigenvalue weighted by Crippen LogP contribution is -2.16. The third kappa shape index (κ3) is 2.09. The summed E-state index contributed by atoms with van der Waals surface area (Å²) in [4.78, 5) is 9.44. The Labute approximate surface area is 109 Å². The summed E-state index contributed by atoms with van der Waals surface area (Å²) in [7, 11) is -1.54. The van der Waals surface area contributed by atoms with E-state index in [2.05, 4.69) is 20.8 Å². The quantitative estimate of drug-likeness (QED) is 0.535. The van der Waals surface area contributed by atoms with Crippen LogP contribution in [0.5, 0.6) is 11.5 Å². The molecule has 0 radical (unpaired) electrons. The molecule has 0 saturated carbocycles. The maximum absolute atomic E-state index is 9.75. The highest BCUT2D eigenvalue weighted by atomic mass is 28.2. The number of fused-ring (bicyclic) bond motifs is 1. The number of aromatic hydroxyl groups is 2. The molecule has 0 fully saturated rings. The van der Waals surface area contributed by atoms with Crippen LogP contribution in [0.3, 0.4) is 0 Å². The summed E-state index contributed by atoms with van der Waals surface area (Å²) < 4.78 is 0. The first-order chi connectivity index (χ1) is 8.34. The molecule has 0 unspecified atom stereocenters. The van der Waals surface area contributed by atoms with Gasteiger partial charge in [0, 0.05) is 5.19 Å². The van der Waals surface area contributed by atoms with Crippen LogP contribution in [0.15, 0.2) is 24.3 Å². The highest BCUT2D eigenvalue weighted by Gasteiger charge is 2.16. The number of rotatable bonds is 1. The second-order valence-electron chi connectivity index (χ2n) is 5.57. The summed E-state index contributed by atoms with van der Waals surface area (Å²) in [5.41, 5.74) is 1.18. The molecule has 0 heterocycles. The van der Waals surface area contributed by atoms with Crippen molar-refractivity contribution in [3.05, 3.63) is 29.8 Å². The molecule has 0 aliphatic rings. The van der Waals surface area contributed by atoms with Crippen LogP contribution in [0, 0.1) is 0 Å². The van der Waals surface area contributed by atoms with E-state index in [1.807, 2.05) is 18.2 Å². The molecule has 0 amide bonds.